The molecule has 0 aromatic heterocycles. The molecule has 0 atom stereocenters. The fraction of sp³-hybridized carbons (Fsp3) is 0.357. The summed E-state index contributed by atoms with van der Waals surface area (Å²) in [4.78, 5) is 11.7. The van der Waals surface area contributed by atoms with Crippen molar-refractivity contribution in [2.75, 3.05) is 19.8 Å². The molecule has 0 spiro atoms. The molecule has 0 radical (unpaired) electrons. The maximum absolute atomic E-state index is 13.4. The van der Waals surface area contributed by atoms with Gasteiger partial charge in [0.25, 0.3) is 5.91 Å². The van der Waals surface area contributed by atoms with Crippen molar-refractivity contribution in [3.05, 3.63) is 47.8 Å². The van der Waals surface area contributed by atoms with E-state index in [0.29, 0.717) is 19.8 Å². The molecule has 0 saturated heterocycles. The van der Waals surface area contributed by atoms with Gasteiger partial charge >= 0.3 is 0 Å². The highest BCUT2D eigenvalue weighted by molar-refractivity contribution is 5.94. The van der Waals surface area contributed by atoms with Crippen molar-refractivity contribution in [1.82, 2.24) is 5.32 Å². The van der Waals surface area contributed by atoms with Gasteiger partial charge in [-0.25, -0.2) is 4.39 Å². The number of benzene rings is 1. The van der Waals surface area contributed by atoms with Gasteiger partial charge in [0.15, 0.2) is 0 Å². The number of rotatable bonds is 7. The van der Waals surface area contributed by atoms with E-state index < -0.39 is 11.7 Å². The lowest BCUT2D eigenvalue weighted by Gasteiger charge is -2.07. The average Bonchev–Trinajstić information content (AvgIpc) is 2.36. The van der Waals surface area contributed by atoms with Crippen LogP contribution in [0.2, 0.25) is 0 Å². The summed E-state index contributed by atoms with van der Waals surface area (Å²) in [6.07, 6.45) is 2.54. The summed E-state index contributed by atoms with van der Waals surface area (Å²) in [7, 11) is 0. The molecule has 1 rings (SSSR count). The smallest absolute Gasteiger partial charge is 0.254 e. The molecular formula is C14H18FNO2. The Morgan fingerprint density at radius 1 is 1.50 bits per heavy atom. The third-order valence-corrected chi connectivity index (χ3v) is 2.36. The highest BCUT2D eigenvalue weighted by Gasteiger charge is 2.10. The Bertz CT molecular complexity index is 418. The highest BCUT2D eigenvalue weighted by atomic mass is 19.1. The Morgan fingerprint density at radius 3 is 3.00 bits per heavy atom. The van der Waals surface area contributed by atoms with Crippen LogP contribution in [0.4, 0.5) is 4.39 Å². The first kappa shape index (κ1) is 14.4. The van der Waals surface area contributed by atoms with Gasteiger partial charge < -0.3 is 10.1 Å². The SMILES string of the molecule is C=CCCOCCNC(=O)c1cc(C)ccc1F. The third-order valence-electron chi connectivity index (χ3n) is 2.36. The number of aryl methyl sites for hydroxylation is 1. The van der Waals surface area contributed by atoms with Crippen molar-refractivity contribution < 1.29 is 13.9 Å². The molecule has 4 heteroatoms. The molecule has 0 aliphatic rings. The quantitative estimate of drug-likeness (QED) is 0.597. The van der Waals surface area contributed by atoms with Crippen LogP contribution in [-0.4, -0.2) is 25.7 Å². The number of hydrogen-bond donors (Lipinski definition) is 1. The maximum atomic E-state index is 13.4. The molecule has 1 N–H and O–H groups in total. The van der Waals surface area contributed by atoms with E-state index in [9.17, 15) is 9.18 Å². The van der Waals surface area contributed by atoms with Gasteiger partial charge in [-0.15, -0.1) is 6.58 Å². The third kappa shape index (κ3) is 4.67. The zero-order chi connectivity index (χ0) is 13.4. The zero-order valence-corrected chi connectivity index (χ0v) is 10.5. The fourth-order valence-electron chi connectivity index (χ4n) is 1.41. The molecule has 98 valence electrons. The van der Waals surface area contributed by atoms with Crippen LogP contribution in [-0.2, 0) is 4.74 Å². The summed E-state index contributed by atoms with van der Waals surface area (Å²) in [5, 5.41) is 2.61. The molecule has 0 unspecified atom stereocenters. The lowest BCUT2D eigenvalue weighted by atomic mass is 10.1. The van der Waals surface area contributed by atoms with E-state index in [-0.39, 0.29) is 5.56 Å². The van der Waals surface area contributed by atoms with E-state index in [2.05, 4.69) is 11.9 Å². The second-order valence-electron chi connectivity index (χ2n) is 3.93. The number of amides is 1. The van der Waals surface area contributed by atoms with Gasteiger partial charge in [0, 0.05) is 6.54 Å². The lowest BCUT2D eigenvalue weighted by Crippen LogP contribution is -2.28. The topological polar surface area (TPSA) is 38.3 Å². The van der Waals surface area contributed by atoms with Crippen molar-refractivity contribution in [1.29, 1.82) is 0 Å². The van der Waals surface area contributed by atoms with Crippen molar-refractivity contribution in [3.63, 3.8) is 0 Å². The van der Waals surface area contributed by atoms with Gasteiger partial charge in [-0.1, -0.05) is 17.7 Å². The minimum atomic E-state index is -0.509. The molecule has 3 nitrogen and oxygen atoms in total. The second kappa shape index (κ2) is 7.61. The molecular weight excluding hydrogens is 233 g/mol. The summed E-state index contributed by atoms with van der Waals surface area (Å²) in [5.74, 6) is -0.922. The molecule has 0 heterocycles. The average molecular weight is 251 g/mol. The van der Waals surface area contributed by atoms with Gasteiger partial charge in [-0.05, 0) is 25.5 Å². The molecule has 1 amide bonds. The number of halogens is 1. The monoisotopic (exact) mass is 251 g/mol. The highest BCUT2D eigenvalue weighted by Crippen LogP contribution is 2.09. The van der Waals surface area contributed by atoms with Crippen molar-refractivity contribution >= 4 is 5.91 Å². The number of nitrogens with one attached hydrogen (secondary N) is 1. The fourth-order valence-corrected chi connectivity index (χ4v) is 1.41. The van der Waals surface area contributed by atoms with Gasteiger partial charge in [0.1, 0.15) is 5.82 Å². The van der Waals surface area contributed by atoms with Crippen LogP contribution >= 0.6 is 0 Å². The predicted octanol–water partition coefficient (Wildman–Crippen LogP) is 2.46. The van der Waals surface area contributed by atoms with Crippen molar-refractivity contribution in [2.45, 2.75) is 13.3 Å². The van der Waals surface area contributed by atoms with E-state index in [1.807, 2.05) is 6.92 Å². The molecule has 1 aromatic rings. The summed E-state index contributed by atoms with van der Waals surface area (Å²) in [5.41, 5.74) is 0.921. The number of carbonyl (C=O) groups excluding carboxylic acids is 1. The van der Waals surface area contributed by atoms with Crippen LogP contribution in [0.25, 0.3) is 0 Å². The normalized spacial score (nSPS) is 10.1. The Balaban J connectivity index is 2.36. The molecule has 0 saturated carbocycles. The van der Waals surface area contributed by atoms with Crippen LogP contribution in [0.1, 0.15) is 22.3 Å². The largest absolute Gasteiger partial charge is 0.379 e. The lowest BCUT2D eigenvalue weighted by molar-refractivity contribution is 0.0914. The number of hydrogen-bond acceptors (Lipinski definition) is 2. The van der Waals surface area contributed by atoms with Gasteiger partial charge in [0.05, 0.1) is 18.8 Å². The van der Waals surface area contributed by atoms with Gasteiger partial charge in [-0.3, -0.25) is 4.79 Å². The minimum absolute atomic E-state index is 0.0705. The first-order valence-electron chi connectivity index (χ1n) is 5.88. The maximum Gasteiger partial charge on any atom is 0.254 e. The van der Waals surface area contributed by atoms with Gasteiger partial charge in [-0.2, -0.15) is 0 Å². The molecule has 18 heavy (non-hydrogen) atoms. The molecule has 0 aliphatic carbocycles. The summed E-state index contributed by atoms with van der Waals surface area (Å²) >= 11 is 0. The van der Waals surface area contributed by atoms with E-state index in [0.717, 1.165) is 12.0 Å². The zero-order valence-electron chi connectivity index (χ0n) is 10.5. The predicted molar refractivity (Wildman–Crippen MR) is 69.1 cm³/mol. The minimum Gasteiger partial charge on any atom is -0.379 e. The van der Waals surface area contributed by atoms with Crippen LogP contribution in [0.15, 0.2) is 30.9 Å². The van der Waals surface area contributed by atoms with Gasteiger partial charge in [0.2, 0.25) is 0 Å². The Hall–Kier alpha value is -1.68. The molecule has 0 aliphatic heterocycles. The van der Waals surface area contributed by atoms with Crippen molar-refractivity contribution in [2.24, 2.45) is 0 Å². The summed E-state index contributed by atoms with van der Waals surface area (Å²) < 4.78 is 18.6. The second-order valence-corrected chi connectivity index (χ2v) is 3.93. The molecule has 1 aromatic carbocycles. The standard InChI is InChI=1S/C14H18FNO2/c1-3-4-8-18-9-7-16-14(17)12-10-11(2)5-6-13(12)15/h3,5-6,10H,1,4,7-9H2,2H3,(H,16,17). The van der Waals surface area contributed by atoms with Crippen molar-refractivity contribution in [3.8, 4) is 0 Å². The molecule has 0 bridgehead atoms. The van der Waals surface area contributed by atoms with E-state index >= 15 is 0 Å². The first-order chi connectivity index (χ1) is 8.65. The van der Waals surface area contributed by atoms with E-state index in [1.54, 1.807) is 12.1 Å². The van der Waals surface area contributed by atoms with E-state index in [1.165, 1.54) is 12.1 Å². The van der Waals surface area contributed by atoms with Crippen LogP contribution < -0.4 is 5.32 Å². The van der Waals surface area contributed by atoms with Crippen LogP contribution in [0, 0.1) is 12.7 Å². The Labute approximate surface area is 107 Å². The summed E-state index contributed by atoms with van der Waals surface area (Å²) in [6, 6.07) is 4.46. The van der Waals surface area contributed by atoms with Crippen LogP contribution in [0.5, 0.6) is 0 Å². The number of ether oxygens (including phenoxy) is 1. The molecule has 0 fully saturated rings. The summed E-state index contributed by atoms with van der Waals surface area (Å²) in [6.45, 7) is 6.74. The van der Waals surface area contributed by atoms with Crippen LogP contribution in [0.3, 0.4) is 0 Å². The Kier molecular flexibility index (Phi) is 6.08. The first-order valence-corrected chi connectivity index (χ1v) is 5.88. The number of carbonyl (C=O) groups is 1. The Morgan fingerprint density at radius 2 is 2.28 bits per heavy atom. The van der Waals surface area contributed by atoms with E-state index in [4.69, 9.17) is 4.74 Å².